The molecular formula is C15H21N3. The molecule has 1 aromatic carbocycles. The van der Waals surface area contributed by atoms with Gasteiger partial charge in [0.15, 0.2) is 0 Å². The van der Waals surface area contributed by atoms with Gasteiger partial charge < -0.3 is 5.73 Å². The van der Waals surface area contributed by atoms with Crippen molar-refractivity contribution in [1.82, 2.24) is 9.78 Å². The minimum absolute atomic E-state index is 0.0918. The first-order chi connectivity index (χ1) is 8.56. The van der Waals surface area contributed by atoms with Crippen molar-refractivity contribution in [3.05, 3.63) is 53.3 Å². The van der Waals surface area contributed by atoms with E-state index in [1.54, 1.807) is 4.68 Å². The van der Waals surface area contributed by atoms with E-state index in [9.17, 15) is 0 Å². The summed E-state index contributed by atoms with van der Waals surface area (Å²) < 4.78 is 1.78. The van der Waals surface area contributed by atoms with Crippen LogP contribution in [0.5, 0.6) is 0 Å². The molecule has 0 amide bonds. The van der Waals surface area contributed by atoms with Gasteiger partial charge in [-0.3, -0.25) is 4.68 Å². The average Bonchev–Trinajstić information content (AvgIpc) is 2.74. The van der Waals surface area contributed by atoms with Gasteiger partial charge >= 0.3 is 0 Å². The van der Waals surface area contributed by atoms with Gasteiger partial charge in [-0.15, -0.1) is 0 Å². The molecule has 0 saturated carbocycles. The molecule has 0 aliphatic heterocycles. The largest absolute Gasteiger partial charge is 0.320 e. The zero-order valence-corrected chi connectivity index (χ0v) is 11.3. The number of nitrogens with zero attached hydrogens (tertiary/aromatic N) is 2. The van der Waals surface area contributed by atoms with Crippen LogP contribution in [0.4, 0.5) is 0 Å². The molecule has 0 bridgehead atoms. The van der Waals surface area contributed by atoms with Gasteiger partial charge in [0.25, 0.3) is 0 Å². The van der Waals surface area contributed by atoms with Crippen molar-refractivity contribution in [2.45, 2.75) is 26.3 Å². The van der Waals surface area contributed by atoms with E-state index < -0.39 is 0 Å². The van der Waals surface area contributed by atoms with Crippen LogP contribution in [0, 0.1) is 5.92 Å². The van der Waals surface area contributed by atoms with Gasteiger partial charge in [-0.1, -0.05) is 38.1 Å². The Balaban J connectivity index is 2.22. The lowest BCUT2D eigenvalue weighted by atomic mass is 9.96. The fourth-order valence-electron chi connectivity index (χ4n) is 2.18. The zero-order chi connectivity index (χ0) is 13.1. The molecule has 1 atom stereocenters. The van der Waals surface area contributed by atoms with Crippen molar-refractivity contribution in [2.24, 2.45) is 18.7 Å². The monoisotopic (exact) mass is 243 g/mol. The van der Waals surface area contributed by atoms with Crippen molar-refractivity contribution in [2.75, 3.05) is 0 Å². The second-order valence-corrected chi connectivity index (χ2v) is 5.27. The Bertz CT molecular complexity index is 514. The highest BCUT2D eigenvalue weighted by atomic mass is 15.2. The maximum atomic E-state index is 6.28. The highest BCUT2D eigenvalue weighted by Gasteiger charge is 2.11. The molecule has 2 rings (SSSR count). The molecule has 96 valence electrons. The van der Waals surface area contributed by atoms with E-state index >= 15 is 0 Å². The predicted molar refractivity (Wildman–Crippen MR) is 74.2 cm³/mol. The van der Waals surface area contributed by atoms with Crippen LogP contribution in [0.25, 0.3) is 0 Å². The standard InChI is InChI=1S/C15H21N3/c1-11(2)7-12-5-4-6-13(8-12)15(16)14-9-17-18(3)10-14/h4-6,8-11,15H,7,16H2,1-3H3. The van der Waals surface area contributed by atoms with Gasteiger partial charge in [0.2, 0.25) is 0 Å². The van der Waals surface area contributed by atoms with E-state index in [4.69, 9.17) is 5.73 Å². The van der Waals surface area contributed by atoms with Crippen LogP contribution >= 0.6 is 0 Å². The van der Waals surface area contributed by atoms with E-state index in [-0.39, 0.29) is 6.04 Å². The third-order valence-corrected chi connectivity index (χ3v) is 3.04. The van der Waals surface area contributed by atoms with Gasteiger partial charge in [0.1, 0.15) is 0 Å². The molecule has 1 aromatic heterocycles. The molecule has 0 fully saturated rings. The lowest BCUT2D eigenvalue weighted by Crippen LogP contribution is -2.11. The molecule has 0 aliphatic rings. The molecule has 2 aromatic rings. The average molecular weight is 243 g/mol. The molecule has 18 heavy (non-hydrogen) atoms. The smallest absolute Gasteiger partial charge is 0.0582 e. The summed E-state index contributed by atoms with van der Waals surface area (Å²) in [6, 6.07) is 8.45. The molecule has 3 nitrogen and oxygen atoms in total. The Hall–Kier alpha value is -1.61. The van der Waals surface area contributed by atoms with Crippen LogP contribution in [0.1, 0.15) is 36.6 Å². The van der Waals surface area contributed by atoms with Crippen molar-refractivity contribution < 1.29 is 0 Å². The number of aromatic nitrogens is 2. The molecule has 1 heterocycles. The SMILES string of the molecule is CC(C)Cc1cccc(C(N)c2cnn(C)c2)c1. The topological polar surface area (TPSA) is 43.8 Å². The van der Waals surface area contributed by atoms with Crippen molar-refractivity contribution >= 4 is 0 Å². The van der Waals surface area contributed by atoms with Gasteiger partial charge in [-0.25, -0.2) is 0 Å². The zero-order valence-electron chi connectivity index (χ0n) is 11.3. The van der Waals surface area contributed by atoms with Crippen LogP contribution < -0.4 is 5.73 Å². The normalized spacial score (nSPS) is 12.9. The highest BCUT2D eigenvalue weighted by Crippen LogP contribution is 2.20. The molecule has 3 heteroatoms. The first kappa shape index (κ1) is 12.8. The van der Waals surface area contributed by atoms with Crippen LogP contribution in [-0.4, -0.2) is 9.78 Å². The lowest BCUT2D eigenvalue weighted by Gasteiger charge is -2.12. The second kappa shape index (κ2) is 5.36. The molecule has 0 radical (unpaired) electrons. The van der Waals surface area contributed by atoms with Gasteiger partial charge in [0.05, 0.1) is 12.2 Å². The third kappa shape index (κ3) is 2.99. The quantitative estimate of drug-likeness (QED) is 0.897. The van der Waals surface area contributed by atoms with Gasteiger partial charge in [-0.05, 0) is 23.5 Å². The molecular weight excluding hydrogens is 222 g/mol. The summed E-state index contributed by atoms with van der Waals surface area (Å²) in [5.41, 5.74) is 9.83. The van der Waals surface area contributed by atoms with Crippen LogP contribution in [0.3, 0.4) is 0 Å². The van der Waals surface area contributed by atoms with Crippen molar-refractivity contribution in [3.8, 4) is 0 Å². The number of hydrogen-bond donors (Lipinski definition) is 1. The number of hydrogen-bond acceptors (Lipinski definition) is 2. The first-order valence-electron chi connectivity index (χ1n) is 6.39. The number of aryl methyl sites for hydroxylation is 1. The summed E-state index contributed by atoms with van der Waals surface area (Å²) in [7, 11) is 1.91. The minimum Gasteiger partial charge on any atom is -0.320 e. The molecule has 0 saturated heterocycles. The van der Waals surface area contributed by atoms with Gasteiger partial charge in [-0.2, -0.15) is 5.10 Å². The van der Waals surface area contributed by atoms with Crippen LogP contribution in [0.2, 0.25) is 0 Å². The van der Waals surface area contributed by atoms with E-state index in [1.807, 2.05) is 19.4 Å². The molecule has 0 aliphatic carbocycles. The highest BCUT2D eigenvalue weighted by molar-refractivity contribution is 5.32. The van der Waals surface area contributed by atoms with Crippen LogP contribution in [0.15, 0.2) is 36.7 Å². The first-order valence-corrected chi connectivity index (χ1v) is 6.39. The third-order valence-electron chi connectivity index (χ3n) is 3.04. The minimum atomic E-state index is -0.0918. The van der Waals surface area contributed by atoms with Crippen LogP contribution in [-0.2, 0) is 13.5 Å². The maximum absolute atomic E-state index is 6.28. The Morgan fingerprint density at radius 2 is 2.06 bits per heavy atom. The Labute approximate surface area is 109 Å². The maximum Gasteiger partial charge on any atom is 0.0582 e. The second-order valence-electron chi connectivity index (χ2n) is 5.27. The van der Waals surface area contributed by atoms with E-state index in [2.05, 4.69) is 43.2 Å². The number of rotatable bonds is 4. The Morgan fingerprint density at radius 3 is 2.67 bits per heavy atom. The molecule has 0 spiro atoms. The summed E-state index contributed by atoms with van der Waals surface area (Å²) >= 11 is 0. The molecule has 2 N–H and O–H groups in total. The Kier molecular flexibility index (Phi) is 3.82. The summed E-state index contributed by atoms with van der Waals surface area (Å²) in [4.78, 5) is 0. The summed E-state index contributed by atoms with van der Waals surface area (Å²) in [5.74, 6) is 0.662. The predicted octanol–water partition coefficient (Wildman–Crippen LogP) is 2.67. The van der Waals surface area contributed by atoms with E-state index in [0.717, 1.165) is 17.5 Å². The lowest BCUT2D eigenvalue weighted by molar-refractivity contribution is 0.646. The van der Waals surface area contributed by atoms with Crippen molar-refractivity contribution in [3.63, 3.8) is 0 Å². The fraction of sp³-hybridized carbons (Fsp3) is 0.400. The van der Waals surface area contributed by atoms with E-state index in [1.165, 1.54) is 5.56 Å². The van der Waals surface area contributed by atoms with Gasteiger partial charge in [0, 0.05) is 18.8 Å². The fourth-order valence-corrected chi connectivity index (χ4v) is 2.18. The molecule has 1 unspecified atom stereocenters. The van der Waals surface area contributed by atoms with E-state index in [0.29, 0.717) is 5.92 Å². The number of nitrogens with two attached hydrogens (primary N) is 1. The summed E-state index contributed by atoms with van der Waals surface area (Å²) in [5, 5.41) is 4.17. The van der Waals surface area contributed by atoms with Crippen molar-refractivity contribution in [1.29, 1.82) is 0 Å². The number of benzene rings is 1. The Morgan fingerprint density at radius 1 is 1.28 bits per heavy atom. The summed E-state index contributed by atoms with van der Waals surface area (Å²) in [6.07, 6.45) is 4.90. The summed E-state index contributed by atoms with van der Waals surface area (Å²) in [6.45, 7) is 4.46.